The SMILES string of the molecule is C#CCOc1ccc(CCC(=O)NC(C#N)c2ccc(Cl)cc2)cc1OC. The summed E-state index contributed by atoms with van der Waals surface area (Å²) in [6, 6.07) is 13.6. The zero-order chi connectivity index (χ0) is 19.6. The number of nitriles is 1. The molecule has 0 saturated heterocycles. The number of hydrogen-bond acceptors (Lipinski definition) is 4. The smallest absolute Gasteiger partial charge is 0.221 e. The zero-order valence-corrected chi connectivity index (χ0v) is 15.6. The van der Waals surface area contributed by atoms with Crippen LogP contribution >= 0.6 is 11.6 Å². The average molecular weight is 383 g/mol. The number of aryl methyl sites for hydroxylation is 1. The van der Waals surface area contributed by atoms with E-state index in [4.69, 9.17) is 27.5 Å². The Kier molecular flexibility index (Phi) is 7.55. The van der Waals surface area contributed by atoms with E-state index in [1.165, 1.54) is 7.11 Å². The number of nitrogens with one attached hydrogen (secondary N) is 1. The molecule has 0 heterocycles. The van der Waals surface area contributed by atoms with Gasteiger partial charge in [0.15, 0.2) is 11.5 Å². The number of methoxy groups -OCH3 is 1. The molecule has 0 aromatic heterocycles. The lowest BCUT2D eigenvalue weighted by Gasteiger charge is -2.13. The molecule has 27 heavy (non-hydrogen) atoms. The normalized spacial score (nSPS) is 11.0. The van der Waals surface area contributed by atoms with Crippen LogP contribution in [0.1, 0.15) is 23.6 Å². The fourth-order valence-corrected chi connectivity index (χ4v) is 2.57. The molecule has 5 nitrogen and oxygen atoms in total. The molecule has 1 unspecified atom stereocenters. The summed E-state index contributed by atoms with van der Waals surface area (Å²) in [6.45, 7) is 0.151. The van der Waals surface area contributed by atoms with Gasteiger partial charge in [0.25, 0.3) is 0 Å². The summed E-state index contributed by atoms with van der Waals surface area (Å²) in [5.74, 6) is 3.29. The lowest BCUT2D eigenvalue weighted by molar-refractivity contribution is -0.121. The third kappa shape index (κ3) is 5.95. The molecule has 0 aliphatic heterocycles. The minimum absolute atomic E-state index is 0.151. The van der Waals surface area contributed by atoms with Crippen molar-refractivity contribution in [2.45, 2.75) is 18.9 Å². The van der Waals surface area contributed by atoms with Crippen LogP contribution < -0.4 is 14.8 Å². The van der Waals surface area contributed by atoms with E-state index < -0.39 is 6.04 Å². The van der Waals surface area contributed by atoms with Gasteiger partial charge in [-0.05, 0) is 41.8 Å². The number of benzene rings is 2. The molecule has 0 aliphatic rings. The standard InChI is InChI=1S/C21H19ClN2O3/c1-3-12-27-19-10-4-15(13-20(19)26-2)5-11-21(25)24-18(14-23)16-6-8-17(22)9-7-16/h1,4,6-10,13,18H,5,11-12H2,2H3,(H,24,25). The summed E-state index contributed by atoms with van der Waals surface area (Å²) >= 11 is 5.85. The van der Waals surface area contributed by atoms with Crippen molar-refractivity contribution in [3.8, 4) is 29.9 Å². The van der Waals surface area contributed by atoms with Crippen molar-refractivity contribution in [3.05, 3.63) is 58.6 Å². The number of halogens is 1. The van der Waals surface area contributed by atoms with Gasteiger partial charge in [-0.3, -0.25) is 4.79 Å². The van der Waals surface area contributed by atoms with Crippen LogP contribution in [0.3, 0.4) is 0 Å². The van der Waals surface area contributed by atoms with Gasteiger partial charge in [0.1, 0.15) is 12.6 Å². The van der Waals surface area contributed by atoms with Crippen molar-refractivity contribution in [2.24, 2.45) is 0 Å². The van der Waals surface area contributed by atoms with Crippen molar-refractivity contribution in [1.29, 1.82) is 5.26 Å². The van der Waals surface area contributed by atoms with E-state index in [0.717, 1.165) is 5.56 Å². The molecular weight excluding hydrogens is 364 g/mol. The molecule has 1 N–H and O–H groups in total. The van der Waals surface area contributed by atoms with Crippen LogP contribution in [0.4, 0.5) is 0 Å². The Morgan fingerprint density at radius 2 is 2.00 bits per heavy atom. The second-order valence-corrected chi connectivity index (χ2v) is 6.10. The van der Waals surface area contributed by atoms with E-state index in [-0.39, 0.29) is 18.9 Å². The van der Waals surface area contributed by atoms with Crippen LogP contribution in [0.15, 0.2) is 42.5 Å². The number of carbonyl (C=O) groups is 1. The lowest BCUT2D eigenvalue weighted by atomic mass is 10.1. The van der Waals surface area contributed by atoms with E-state index in [1.54, 1.807) is 36.4 Å². The van der Waals surface area contributed by atoms with Gasteiger partial charge < -0.3 is 14.8 Å². The summed E-state index contributed by atoms with van der Waals surface area (Å²) in [4.78, 5) is 12.2. The highest BCUT2D eigenvalue weighted by Crippen LogP contribution is 2.28. The number of hydrogen-bond donors (Lipinski definition) is 1. The predicted molar refractivity (Wildman–Crippen MR) is 104 cm³/mol. The highest BCUT2D eigenvalue weighted by molar-refractivity contribution is 6.30. The Labute approximate surface area is 163 Å². The summed E-state index contributed by atoms with van der Waals surface area (Å²) in [7, 11) is 1.54. The summed E-state index contributed by atoms with van der Waals surface area (Å²) in [5.41, 5.74) is 1.60. The first-order valence-electron chi connectivity index (χ1n) is 8.25. The molecule has 1 amide bonds. The van der Waals surface area contributed by atoms with E-state index >= 15 is 0 Å². The summed E-state index contributed by atoms with van der Waals surface area (Å²) in [6.07, 6.45) is 5.92. The van der Waals surface area contributed by atoms with Crippen LogP contribution in [-0.4, -0.2) is 19.6 Å². The molecule has 2 aromatic rings. The molecule has 0 spiro atoms. The third-order valence-electron chi connectivity index (χ3n) is 3.82. The first-order chi connectivity index (χ1) is 13.1. The van der Waals surface area contributed by atoms with E-state index in [0.29, 0.717) is 28.5 Å². The first kappa shape index (κ1) is 20.2. The number of rotatable bonds is 8. The third-order valence-corrected chi connectivity index (χ3v) is 4.07. The van der Waals surface area contributed by atoms with Crippen LogP contribution in [0.2, 0.25) is 5.02 Å². The molecular formula is C21H19ClN2O3. The molecule has 138 valence electrons. The lowest BCUT2D eigenvalue weighted by Crippen LogP contribution is -2.27. The minimum atomic E-state index is -0.719. The molecule has 0 fully saturated rings. The van der Waals surface area contributed by atoms with E-state index in [2.05, 4.69) is 17.3 Å². The number of nitrogens with zero attached hydrogens (tertiary/aromatic N) is 1. The van der Waals surface area contributed by atoms with Crippen molar-refractivity contribution in [3.63, 3.8) is 0 Å². The first-order valence-corrected chi connectivity index (χ1v) is 8.62. The average Bonchev–Trinajstić information content (AvgIpc) is 2.69. The molecule has 0 radical (unpaired) electrons. The van der Waals surface area contributed by atoms with Crippen molar-refractivity contribution in [2.75, 3.05) is 13.7 Å². The fourth-order valence-electron chi connectivity index (χ4n) is 2.44. The van der Waals surface area contributed by atoms with Gasteiger partial charge in [-0.25, -0.2) is 0 Å². The number of terminal acetylenes is 1. The Morgan fingerprint density at radius 3 is 2.63 bits per heavy atom. The topological polar surface area (TPSA) is 71.3 Å². The maximum atomic E-state index is 12.2. The Hall–Kier alpha value is -3.15. The predicted octanol–water partition coefficient (Wildman–Crippen LogP) is 3.67. The molecule has 0 saturated carbocycles. The molecule has 1 atom stereocenters. The van der Waals surface area contributed by atoms with Gasteiger partial charge in [0, 0.05) is 11.4 Å². The zero-order valence-electron chi connectivity index (χ0n) is 14.9. The Balaban J connectivity index is 1.95. The number of carbonyl (C=O) groups excluding carboxylic acids is 1. The van der Waals surface area contributed by atoms with Gasteiger partial charge in [-0.2, -0.15) is 5.26 Å². The van der Waals surface area contributed by atoms with Crippen LogP contribution in [0, 0.1) is 23.7 Å². The highest BCUT2D eigenvalue weighted by Gasteiger charge is 2.14. The second-order valence-electron chi connectivity index (χ2n) is 5.66. The van der Waals surface area contributed by atoms with Gasteiger partial charge in [-0.1, -0.05) is 35.7 Å². The largest absolute Gasteiger partial charge is 0.493 e. The van der Waals surface area contributed by atoms with Crippen LogP contribution in [0.5, 0.6) is 11.5 Å². The molecule has 0 bridgehead atoms. The summed E-state index contributed by atoms with van der Waals surface area (Å²) < 4.78 is 10.7. The highest BCUT2D eigenvalue weighted by atomic mass is 35.5. The fraction of sp³-hybridized carbons (Fsp3) is 0.238. The van der Waals surface area contributed by atoms with E-state index in [9.17, 15) is 10.1 Å². The monoisotopic (exact) mass is 382 g/mol. The summed E-state index contributed by atoms with van der Waals surface area (Å²) in [5, 5.41) is 12.6. The van der Waals surface area contributed by atoms with Crippen molar-refractivity contribution < 1.29 is 14.3 Å². The van der Waals surface area contributed by atoms with Gasteiger partial charge >= 0.3 is 0 Å². The van der Waals surface area contributed by atoms with Crippen LogP contribution in [-0.2, 0) is 11.2 Å². The number of amides is 1. The van der Waals surface area contributed by atoms with E-state index in [1.807, 2.05) is 6.07 Å². The number of ether oxygens (including phenoxy) is 2. The Bertz CT molecular complexity index is 866. The van der Waals surface area contributed by atoms with Gasteiger partial charge in [-0.15, -0.1) is 6.42 Å². The molecule has 2 rings (SSSR count). The molecule has 6 heteroatoms. The van der Waals surface area contributed by atoms with Gasteiger partial charge in [0.2, 0.25) is 5.91 Å². The second kappa shape index (κ2) is 10.1. The molecule has 2 aromatic carbocycles. The quantitative estimate of drug-likeness (QED) is 0.707. The van der Waals surface area contributed by atoms with Crippen LogP contribution in [0.25, 0.3) is 0 Å². The van der Waals surface area contributed by atoms with Crippen molar-refractivity contribution in [1.82, 2.24) is 5.32 Å². The maximum absolute atomic E-state index is 12.2. The Morgan fingerprint density at radius 1 is 1.26 bits per heavy atom. The minimum Gasteiger partial charge on any atom is -0.493 e. The van der Waals surface area contributed by atoms with Crippen molar-refractivity contribution >= 4 is 17.5 Å². The molecule has 0 aliphatic carbocycles. The maximum Gasteiger partial charge on any atom is 0.221 e. The van der Waals surface area contributed by atoms with Gasteiger partial charge in [0.05, 0.1) is 13.2 Å².